The van der Waals surface area contributed by atoms with Crippen molar-refractivity contribution < 1.29 is 4.74 Å². The molecule has 4 heteroatoms. The summed E-state index contributed by atoms with van der Waals surface area (Å²) in [5.74, 6) is 1.85. The molecule has 2 aromatic heterocycles. The van der Waals surface area contributed by atoms with Crippen LogP contribution in [0.3, 0.4) is 0 Å². The summed E-state index contributed by atoms with van der Waals surface area (Å²) in [5.41, 5.74) is 13.6. The largest absolute Gasteiger partial charge is 0.458 e. The second-order valence-corrected chi connectivity index (χ2v) is 23.6. The molecule has 2 nitrogen and oxygen atoms in total. The highest BCUT2D eigenvalue weighted by molar-refractivity contribution is 7.26. The first-order valence-corrected chi connectivity index (χ1v) is 26.1. The van der Waals surface area contributed by atoms with E-state index in [4.69, 9.17) is 4.74 Å². The normalized spacial score (nSPS) is 15.6. The standard InChI is InChI=1S/C63H43NOSSi/c1-63(2)52-22-7-3-17-47(52)48-35-34-45(39-53(48)63)67(44-32-30-43(31-33-44)64-54-23-8-4-18-49(54)50-19-5-9-24-55(50)64)60-28-12-10-25-56(60)65-57-38-41(29-36-61(57)67)40-15-13-16-42(37-40)46-21-14-27-59-62(46)51-20-6-11-26-58(51)66-59/h3-39H,1-2H3. The van der Waals surface area contributed by atoms with Crippen LogP contribution >= 0.6 is 11.3 Å². The second-order valence-electron chi connectivity index (χ2n) is 18.8. The lowest BCUT2D eigenvalue weighted by atomic mass is 9.82. The Balaban J connectivity index is 0.981. The first kappa shape index (κ1) is 38.5. The summed E-state index contributed by atoms with van der Waals surface area (Å²) in [4.78, 5) is 0. The van der Waals surface area contributed by atoms with Crippen LogP contribution in [0.2, 0.25) is 0 Å². The Kier molecular flexibility index (Phi) is 8.26. The van der Waals surface area contributed by atoms with Gasteiger partial charge in [0.05, 0.1) is 11.0 Å². The maximum absolute atomic E-state index is 7.14. The predicted molar refractivity (Wildman–Crippen MR) is 286 cm³/mol. The van der Waals surface area contributed by atoms with Gasteiger partial charge in [-0.1, -0.05) is 184 Å². The minimum Gasteiger partial charge on any atom is -0.458 e. The number of hydrogen-bond acceptors (Lipinski definition) is 2. The van der Waals surface area contributed by atoms with E-state index in [1.165, 1.54) is 102 Å². The third kappa shape index (κ3) is 5.49. The number of aromatic nitrogens is 1. The summed E-state index contributed by atoms with van der Waals surface area (Å²) in [6, 6.07) is 84.0. The molecule has 2 aliphatic rings. The molecule has 14 rings (SSSR count). The molecule has 3 heterocycles. The lowest BCUT2D eigenvalue weighted by molar-refractivity contribution is 0.487. The fourth-order valence-corrected chi connectivity index (χ4v) is 17.9. The SMILES string of the molecule is CC1(C)c2ccccc2-c2ccc([Si]3(c4ccc(-n5c6ccccc6c6ccccc65)cc4)c4ccccc4Oc4cc(-c5cccc(-c6cccc7sc8ccccc8c67)c5)ccc43)cc21. The van der Waals surface area contributed by atoms with Gasteiger partial charge >= 0.3 is 0 Å². The summed E-state index contributed by atoms with van der Waals surface area (Å²) in [7, 11) is -3.07. The van der Waals surface area contributed by atoms with Crippen LogP contribution in [0.1, 0.15) is 25.0 Å². The van der Waals surface area contributed by atoms with Gasteiger partial charge in [0.1, 0.15) is 11.5 Å². The number of rotatable bonds is 5. The van der Waals surface area contributed by atoms with Gasteiger partial charge in [-0.25, -0.2) is 0 Å². The monoisotopic (exact) mass is 889 g/mol. The Morgan fingerprint density at radius 2 is 1.03 bits per heavy atom. The molecular weight excluding hydrogens is 847 g/mol. The molecule has 0 N–H and O–H groups in total. The van der Waals surface area contributed by atoms with Gasteiger partial charge < -0.3 is 9.30 Å². The molecular formula is C63H43NOSSi. The van der Waals surface area contributed by atoms with Crippen LogP contribution in [0, 0.1) is 0 Å². The van der Waals surface area contributed by atoms with E-state index >= 15 is 0 Å². The van der Waals surface area contributed by atoms with E-state index in [1.807, 2.05) is 11.3 Å². The van der Waals surface area contributed by atoms with Gasteiger partial charge in [0.2, 0.25) is 0 Å². The number of hydrogen-bond donors (Lipinski definition) is 0. The summed E-state index contributed by atoms with van der Waals surface area (Å²) in [6.07, 6.45) is 0. The van der Waals surface area contributed by atoms with E-state index in [1.54, 1.807) is 0 Å². The predicted octanol–water partition coefficient (Wildman–Crippen LogP) is 14.3. The first-order valence-electron chi connectivity index (χ1n) is 23.2. The molecule has 0 saturated heterocycles. The van der Waals surface area contributed by atoms with Crippen molar-refractivity contribution in [2.24, 2.45) is 0 Å². The minimum absolute atomic E-state index is 0.153. The highest BCUT2D eigenvalue weighted by Gasteiger charge is 2.49. The topological polar surface area (TPSA) is 14.2 Å². The average Bonchev–Trinajstić information content (AvgIpc) is 4.01. The fourth-order valence-electron chi connectivity index (χ4n) is 11.9. The Morgan fingerprint density at radius 1 is 0.418 bits per heavy atom. The van der Waals surface area contributed by atoms with Crippen molar-refractivity contribution in [2.75, 3.05) is 0 Å². The van der Waals surface area contributed by atoms with Gasteiger partial charge in [0.15, 0.2) is 8.07 Å². The van der Waals surface area contributed by atoms with Gasteiger partial charge in [-0.3, -0.25) is 0 Å². The summed E-state index contributed by atoms with van der Waals surface area (Å²) in [5, 5.41) is 10.4. The van der Waals surface area contributed by atoms with Gasteiger partial charge in [0, 0.05) is 42.0 Å². The number of thiophene rings is 1. The van der Waals surface area contributed by atoms with Crippen LogP contribution in [-0.4, -0.2) is 12.6 Å². The van der Waals surface area contributed by atoms with Crippen LogP contribution < -0.4 is 25.5 Å². The van der Waals surface area contributed by atoms with Crippen molar-refractivity contribution in [3.05, 3.63) is 236 Å². The third-order valence-electron chi connectivity index (χ3n) is 15.0. The molecule has 1 aliphatic heterocycles. The maximum Gasteiger partial charge on any atom is 0.188 e. The molecule has 0 saturated carbocycles. The molecule has 67 heavy (non-hydrogen) atoms. The molecule has 1 unspecified atom stereocenters. The van der Waals surface area contributed by atoms with Crippen LogP contribution in [-0.2, 0) is 5.41 Å². The Bertz CT molecular complexity index is 3950. The lowest BCUT2D eigenvalue weighted by Crippen LogP contribution is -2.76. The van der Waals surface area contributed by atoms with Crippen molar-refractivity contribution in [2.45, 2.75) is 19.3 Å². The van der Waals surface area contributed by atoms with Gasteiger partial charge in [-0.05, 0) is 120 Å². The molecule has 1 aliphatic carbocycles. The van der Waals surface area contributed by atoms with E-state index < -0.39 is 8.07 Å². The van der Waals surface area contributed by atoms with Gasteiger partial charge in [-0.15, -0.1) is 11.3 Å². The van der Waals surface area contributed by atoms with Crippen LogP contribution in [0.4, 0.5) is 0 Å². The van der Waals surface area contributed by atoms with E-state index in [9.17, 15) is 0 Å². The van der Waals surface area contributed by atoms with E-state index in [2.05, 4.69) is 243 Å². The summed E-state index contributed by atoms with van der Waals surface area (Å²) < 4.78 is 12.2. The Hall–Kier alpha value is -7.76. The van der Waals surface area contributed by atoms with Crippen molar-refractivity contribution >= 4 is 82.1 Å². The number of para-hydroxylation sites is 3. The van der Waals surface area contributed by atoms with Crippen molar-refractivity contribution in [3.8, 4) is 50.6 Å². The smallest absolute Gasteiger partial charge is 0.188 e. The summed E-state index contributed by atoms with van der Waals surface area (Å²) in [6.45, 7) is 4.79. The number of nitrogens with zero attached hydrogens (tertiary/aromatic N) is 1. The van der Waals surface area contributed by atoms with Gasteiger partial charge in [-0.2, -0.15) is 0 Å². The Morgan fingerprint density at radius 3 is 1.87 bits per heavy atom. The van der Waals surface area contributed by atoms with E-state index in [0.29, 0.717) is 0 Å². The summed E-state index contributed by atoms with van der Waals surface area (Å²) >= 11 is 1.87. The lowest BCUT2D eigenvalue weighted by Gasteiger charge is -2.40. The molecule has 316 valence electrons. The van der Waals surface area contributed by atoms with Crippen LogP contribution in [0.15, 0.2) is 224 Å². The van der Waals surface area contributed by atoms with Crippen molar-refractivity contribution in [1.82, 2.24) is 4.57 Å². The number of fused-ring (bicyclic) bond motifs is 11. The fraction of sp³-hybridized carbons (Fsp3) is 0.0476. The molecule has 0 amide bonds. The molecule has 0 spiro atoms. The quantitative estimate of drug-likeness (QED) is 0.157. The maximum atomic E-state index is 7.14. The first-order chi connectivity index (χ1) is 33.0. The van der Waals surface area contributed by atoms with Crippen molar-refractivity contribution in [3.63, 3.8) is 0 Å². The van der Waals surface area contributed by atoms with Gasteiger partial charge in [0.25, 0.3) is 0 Å². The highest BCUT2D eigenvalue weighted by atomic mass is 32.1. The molecule has 0 bridgehead atoms. The average molecular weight is 890 g/mol. The zero-order valence-corrected chi connectivity index (χ0v) is 38.9. The molecule has 0 fully saturated rings. The van der Waals surface area contributed by atoms with Crippen molar-refractivity contribution in [1.29, 1.82) is 0 Å². The molecule has 10 aromatic carbocycles. The van der Waals surface area contributed by atoms with E-state index in [-0.39, 0.29) is 5.41 Å². The molecule has 1 atom stereocenters. The number of ether oxygens (including phenoxy) is 1. The molecule has 12 aromatic rings. The minimum atomic E-state index is -3.07. The molecule has 0 radical (unpaired) electrons. The van der Waals surface area contributed by atoms with Crippen LogP contribution in [0.25, 0.3) is 81.0 Å². The highest BCUT2D eigenvalue weighted by Crippen LogP contribution is 2.49. The Labute approximate surface area is 394 Å². The second kappa shape index (κ2) is 14.4. The number of benzene rings is 10. The van der Waals surface area contributed by atoms with E-state index in [0.717, 1.165) is 22.7 Å². The third-order valence-corrected chi connectivity index (χ3v) is 20.9. The zero-order valence-electron chi connectivity index (χ0n) is 37.1. The van der Waals surface area contributed by atoms with Crippen LogP contribution in [0.5, 0.6) is 11.5 Å². The zero-order chi connectivity index (χ0) is 44.4.